The summed E-state index contributed by atoms with van der Waals surface area (Å²) in [7, 11) is 0. The number of hydrogen-bond donors (Lipinski definition) is 3. The standard InChI is InChI=1S/C21H24FN3O3/c1-4-23-19(26)14-8-7-9-15(12-14)24-21(28)18(13(2)3)25-20(27)16-10-5-6-11-17(16)22/h5-13,18H,4H2,1-3H3,(H,23,26)(H,24,28)(H,25,27). The molecule has 2 rings (SSSR count). The number of carbonyl (C=O) groups excluding carboxylic acids is 3. The first kappa shape index (κ1) is 21.1. The molecule has 148 valence electrons. The Kier molecular flexibility index (Phi) is 7.26. The van der Waals surface area contributed by atoms with Gasteiger partial charge in [-0.25, -0.2) is 4.39 Å². The Labute approximate surface area is 163 Å². The minimum atomic E-state index is -0.875. The van der Waals surface area contributed by atoms with Crippen LogP contribution < -0.4 is 16.0 Å². The van der Waals surface area contributed by atoms with Crippen molar-refractivity contribution in [1.29, 1.82) is 0 Å². The summed E-state index contributed by atoms with van der Waals surface area (Å²) in [4.78, 5) is 37.0. The van der Waals surface area contributed by atoms with Crippen molar-refractivity contribution in [3.8, 4) is 0 Å². The number of rotatable bonds is 7. The quantitative estimate of drug-likeness (QED) is 0.685. The zero-order valence-electron chi connectivity index (χ0n) is 16.1. The van der Waals surface area contributed by atoms with Crippen molar-refractivity contribution >= 4 is 23.4 Å². The Bertz CT molecular complexity index is 867. The predicted molar refractivity (Wildman–Crippen MR) is 106 cm³/mol. The molecule has 0 fully saturated rings. The third kappa shape index (κ3) is 5.39. The van der Waals surface area contributed by atoms with Gasteiger partial charge in [-0.3, -0.25) is 14.4 Å². The molecule has 7 heteroatoms. The van der Waals surface area contributed by atoms with Gasteiger partial charge in [-0.15, -0.1) is 0 Å². The van der Waals surface area contributed by atoms with Crippen LogP contribution in [0.1, 0.15) is 41.5 Å². The molecule has 0 heterocycles. The maximum atomic E-state index is 13.8. The van der Waals surface area contributed by atoms with Crippen LogP contribution in [0.15, 0.2) is 48.5 Å². The van der Waals surface area contributed by atoms with Crippen LogP contribution in [0.2, 0.25) is 0 Å². The van der Waals surface area contributed by atoms with Crippen molar-refractivity contribution in [2.75, 3.05) is 11.9 Å². The lowest BCUT2D eigenvalue weighted by molar-refractivity contribution is -0.118. The molecule has 1 unspecified atom stereocenters. The normalized spacial score (nSPS) is 11.6. The molecule has 28 heavy (non-hydrogen) atoms. The van der Waals surface area contributed by atoms with Crippen LogP contribution in [0.25, 0.3) is 0 Å². The molecule has 1 atom stereocenters. The van der Waals surface area contributed by atoms with E-state index in [1.54, 1.807) is 44.2 Å². The second-order valence-corrected chi connectivity index (χ2v) is 6.60. The van der Waals surface area contributed by atoms with E-state index >= 15 is 0 Å². The molecule has 0 saturated heterocycles. The molecule has 2 aromatic rings. The van der Waals surface area contributed by atoms with Gasteiger partial charge in [-0.05, 0) is 43.2 Å². The number of carbonyl (C=O) groups is 3. The predicted octanol–water partition coefficient (Wildman–Crippen LogP) is 2.97. The lowest BCUT2D eigenvalue weighted by Gasteiger charge is -2.22. The van der Waals surface area contributed by atoms with E-state index in [1.807, 2.05) is 6.92 Å². The molecule has 0 saturated carbocycles. The summed E-state index contributed by atoms with van der Waals surface area (Å²) in [5.41, 5.74) is 0.717. The van der Waals surface area contributed by atoms with Crippen LogP contribution in [0, 0.1) is 11.7 Å². The maximum absolute atomic E-state index is 13.8. The van der Waals surface area contributed by atoms with Crippen LogP contribution in [-0.2, 0) is 4.79 Å². The number of benzene rings is 2. The van der Waals surface area contributed by atoms with E-state index in [4.69, 9.17) is 0 Å². The summed E-state index contributed by atoms with van der Waals surface area (Å²) in [5, 5.41) is 7.97. The van der Waals surface area contributed by atoms with E-state index < -0.39 is 23.7 Å². The van der Waals surface area contributed by atoms with Crippen molar-refractivity contribution in [2.24, 2.45) is 5.92 Å². The summed E-state index contributed by atoms with van der Waals surface area (Å²) in [6.07, 6.45) is 0. The SMILES string of the molecule is CCNC(=O)c1cccc(NC(=O)C(NC(=O)c2ccccc2F)C(C)C)c1. The van der Waals surface area contributed by atoms with Gasteiger partial charge in [0.1, 0.15) is 11.9 Å². The van der Waals surface area contributed by atoms with Gasteiger partial charge in [0, 0.05) is 17.8 Å². The van der Waals surface area contributed by atoms with Crippen molar-refractivity contribution in [3.05, 3.63) is 65.5 Å². The Balaban J connectivity index is 2.13. The summed E-state index contributed by atoms with van der Waals surface area (Å²) in [5.74, 6) is -2.25. The molecule has 3 amide bonds. The minimum Gasteiger partial charge on any atom is -0.352 e. The Hall–Kier alpha value is -3.22. The van der Waals surface area contributed by atoms with Gasteiger partial charge in [0.2, 0.25) is 5.91 Å². The average Bonchev–Trinajstić information content (AvgIpc) is 2.66. The second kappa shape index (κ2) is 9.64. The molecule has 0 spiro atoms. The second-order valence-electron chi connectivity index (χ2n) is 6.60. The molecular formula is C21H24FN3O3. The molecule has 0 radical (unpaired) electrons. The highest BCUT2D eigenvalue weighted by Gasteiger charge is 2.26. The van der Waals surface area contributed by atoms with Crippen LogP contribution in [-0.4, -0.2) is 30.3 Å². The van der Waals surface area contributed by atoms with Crippen molar-refractivity contribution in [2.45, 2.75) is 26.8 Å². The van der Waals surface area contributed by atoms with Gasteiger partial charge in [0.15, 0.2) is 0 Å². The number of halogens is 1. The summed E-state index contributed by atoms with van der Waals surface area (Å²) in [6.45, 7) is 5.86. The zero-order chi connectivity index (χ0) is 20.7. The molecule has 6 nitrogen and oxygen atoms in total. The fraction of sp³-hybridized carbons (Fsp3) is 0.286. The number of anilines is 1. The topological polar surface area (TPSA) is 87.3 Å². The summed E-state index contributed by atoms with van der Waals surface area (Å²) < 4.78 is 13.8. The smallest absolute Gasteiger partial charge is 0.254 e. The van der Waals surface area contributed by atoms with Gasteiger partial charge in [0.05, 0.1) is 5.56 Å². The van der Waals surface area contributed by atoms with Crippen molar-refractivity contribution in [3.63, 3.8) is 0 Å². The van der Waals surface area contributed by atoms with Crippen LogP contribution in [0.4, 0.5) is 10.1 Å². The zero-order valence-corrected chi connectivity index (χ0v) is 16.1. The average molecular weight is 385 g/mol. The first-order valence-corrected chi connectivity index (χ1v) is 9.08. The molecule has 3 N–H and O–H groups in total. The van der Waals surface area contributed by atoms with E-state index in [2.05, 4.69) is 16.0 Å². The van der Waals surface area contributed by atoms with Gasteiger partial charge in [-0.1, -0.05) is 32.0 Å². The molecule has 0 aromatic heterocycles. The molecule has 0 aliphatic carbocycles. The van der Waals surface area contributed by atoms with E-state index in [9.17, 15) is 18.8 Å². The van der Waals surface area contributed by atoms with Crippen LogP contribution >= 0.6 is 0 Å². The fourth-order valence-electron chi connectivity index (χ4n) is 2.62. The highest BCUT2D eigenvalue weighted by Crippen LogP contribution is 2.14. The highest BCUT2D eigenvalue weighted by atomic mass is 19.1. The van der Waals surface area contributed by atoms with E-state index in [0.29, 0.717) is 17.8 Å². The van der Waals surface area contributed by atoms with Gasteiger partial charge < -0.3 is 16.0 Å². The van der Waals surface area contributed by atoms with Gasteiger partial charge >= 0.3 is 0 Å². The third-order valence-corrected chi connectivity index (χ3v) is 4.08. The van der Waals surface area contributed by atoms with E-state index in [-0.39, 0.29) is 17.4 Å². The first-order chi connectivity index (χ1) is 13.3. The largest absolute Gasteiger partial charge is 0.352 e. The Morgan fingerprint density at radius 2 is 1.71 bits per heavy atom. The molecule has 0 bridgehead atoms. The Morgan fingerprint density at radius 1 is 1.00 bits per heavy atom. The Morgan fingerprint density at radius 3 is 2.36 bits per heavy atom. The molecule has 0 aliphatic rings. The lowest BCUT2D eigenvalue weighted by atomic mass is 10.0. The van der Waals surface area contributed by atoms with E-state index in [1.165, 1.54) is 18.2 Å². The van der Waals surface area contributed by atoms with Crippen molar-refractivity contribution < 1.29 is 18.8 Å². The van der Waals surface area contributed by atoms with E-state index in [0.717, 1.165) is 0 Å². The van der Waals surface area contributed by atoms with Gasteiger partial charge in [-0.2, -0.15) is 0 Å². The minimum absolute atomic E-state index is 0.126. The number of nitrogens with one attached hydrogen (secondary N) is 3. The number of amides is 3. The molecule has 0 aliphatic heterocycles. The highest BCUT2D eigenvalue weighted by molar-refractivity contribution is 6.02. The summed E-state index contributed by atoms with van der Waals surface area (Å²) >= 11 is 0. The molecular weight excluding hydrogens is 361 g/mol. The first-order valence-electron chi connectivity index (χ1n) is 9.08. The molecule has 2 aromatic carbocycles. The summed E-state index contributed by atoms with van der Waals surface area (Å²) in [6, 6.07) is 11.2. The van der Waals surface area contributed by atoms with Crippen LogP contribution in [0.5, 0.6) is 0 Å². The monoisotopic (exact) mass is 385 g/mol. The lowest BCUT2D eigenvalue weighted by Crippen LogP contribution is -2.47. The fourth-order valence-corrected chi connectivity index (χ4v) is 2.62. The van der Waals surface area contributed by atoms with Crippen LogP contribution in [0.3, 0.4) is 0 Å². The van der Waals surface area contributed by atoms with Gasteiger partial charge in [0.25, 0.3) is 11.8 Å². The third-order valence-electron chi connectivity index (χ3n) is 4.08. The van der Waals surface area contributed by atoms with Crippen molar-refractivity contribution in [1.82, 2.24) is 10.6 Å². The number of hydrogen-bond acceptors (Lipinski definition) is 3. The maximum Gasteiger partial charge on any atom is 0.254 e.